The Morgan fingerprint density at radius 1 is 1.17 bits per heavy atom. The van der Waals surface area contributed by atoms with Crippen LogP contribution in [0.3, 0.4) is 0 Å². The van der Waals surface area contributed by atoms with Crippen LogP contribution in [0.15, 0.2) is 30.5 Å². The van der Waals surface area contributed by atoms with Gasteiger partial charge in [-0.05, 0) is 43.1 Å². The molecule has 2 saturated carbocycles. The highest BCUT2D eigenvalue weighted by Gasteiger charge is 2.40. The number of aromatic nitrogens is 1. The monoisotopic (exact) mass is 325 g/mol. The van der Waals surface area contributed by atoms with E-state index in [0.29, 0.717) is 17.9 Å². The van der Waals surface area contributed by atoms with Gasteiger partial charge in [0.1, 0.15) is 0 Å². The summed E-state index contributed by atoms with van der Waals surface area (Å²) in [6.45, 7) is 0. The summed E-state index contributed by atoms with van der Waals surface area (Å²) in [7, 11) is 1.91. The van der Waals surface area contributed by atoms with Crippen LogP contribution in [-0.4, -0.2) is 16.4 Å². The lowest BCUT2D eigenvalue weighted by atomic mass is 9.86. The topological polar surface area (TPSA) is 63.1 Å². The Morgan fingerprint density at radius 2 is 2.00 bits per heavy atom. The number of aryl methyl sites for hydroxylation is 1. The molecule has 2 amide bonds. The lowest BCUT2D eigenvalue weighted by molar-refractivity contribution is -0.123. The summed E-state index contributed by atoms with van der Waals surface area (Å²) < 4.78 is 1.92. The van der Waals surface area contributed by atoms with E-state index >= 15 is 0 Å². The van der Waals surface area contributed by atoms with Crippen LogP contribution in [0.5, 0.6) is 0 Å². The van der Waals surface area contributed by atoms with Crippen LogP contribution in [0.1, 0.15) is 42.5 Å². The lowest BCUT2D eigenvalue weighted by Crippen LogP contribution is -2.42. The fourth-order valence-corrected chi connectivity index (χ4v) is 4.63. The number of fused-ring (bicyclic) bond motifs is 3. The van der Waals surface area contributed by atoms with Crippen molar-refractivity contribution in [1.29, 1.82) is 0 Å². The lowest BCUT2D eigenvalue weighted by Gasteiger charge is -2.20. The number of carbonyl (C=O) groups excluding carboxylic acids is 2. The highest BCUT2D eigenvalue weighted by Crippen LogP contribution is 2.49. The molecular weight excluding hydrogens is 302 g/mol. The van der Waals surface area contributed by atoms with Crippen molar-refractivity contribution in [2.75, 3.05) is 0 Å². The maximum Gasteiger partial charge on any atom is 0.271 e. The molecule has 5 heteroatoms. The van der Waals surface area contributed by atoms with Gasteiger partial charge in [-0.25, -0.2) is 0 Å². The third-order valence-corrected chi connectivity index (χ3v) is 5.79. The zero-order valence-electron chi connectivity index (χ0n) is 13.9. The SMILES string of the molecule is Cn1cc(C(=O)NNC(=O)CC2CC3CCC2C3)c2ccccc21. The molecular formula is C19H23N3O2. The Morgan fingerprint density at radius 3 is 2.75 bits per heavy atom. The number of benzene rings is 1. The van der Waals surface area contributed by atoms with E-state index in [1.54, 1.807) is 6.20 Å². The summed E-state index contributed by atoms with van der Waals surface area (Å²) in [6, 6.07) is 7.75. The Kier molecular flexibility index (Phi) is 3.79. The van der Waals surface area contributed by atoms with Gasteiger partial charge in [0.2, 0.25) is 5.91 Å². The molecule has 4 rings (SSSR count). The number of hydrogen-bond acceptors (Lipinski definition) is 2. The summed E-state index contributed by atoms with van der Waals surface area (Å²) >= 11 is 0. The van der Waals surface area contributed by atoms with Gasteiger partial charge < -0.3 is 4.57 Å². The van der Waals surface area contributed by atoms with Gasteiger partial charge >= 0.3 is 0 Å². The minimum absolute atomic E-state index is 0.0823. The Labute approximate surface area is 141 Å². The zero-order chi connectivity index (χ0) is 16.7. The van der Waals surface area contributed by atoms with Crippen LogP contribution in [0.25, 0.3) is 10.9 Å². The third-order valence-electron chi connectivity index (χ3n) is 5.79. The molecule has 1 heterocycles. The molecule has 2 aromatic rings. The number of carbonyl (C=O) groups is 2. The first-order valence-electron chi connectivity index (χ1n) is 8.75. The van der Waals surface area contributed by atoms with E-state index in [9.17, 15) is 9.59 Å². The van der Waals surface area contributed by atoms with Crippen molar-refractivity contribution in [1.82, 2.24) is 15.4 Å². The molecule has 1 aromatic carbocycles. The smallest absolute Gasteiger partial charge is 0.271 e. The molecule has 3 atom stereocenters. The van der Waals surface area contributed by atoms with E-state index in [4.69, 9.17) is 0 Å². The fourth-order valence-electron chi connectivity index (χ4n) is 4.63. The maximum atomic E-state index is 12.4. The van der Waals surface area contributed by atoms with E-state index in [1.807, 2.05) is 35.9 Å². The first-order valence-corrected chi connectivity index (χ1v) is 8.75. The molecule has 24 heavy (non-hydrogen) atoms. The molecule has 0 aliphatic heterocycles. The number of para-hydroxylation sites is 1. The van der Waals surface area contributed by atoms with E-state index < -0.39 is 0 Å². The van der Waals surface area contributed by atoms with Gasteiger partial charge in [-0.15, -0.1) is 0 Å². The molecule has 0 spiro atoms. The molecule has 3 unspecified atom stereocenters. The van der Waals surface area contributed by atoms with Crippen molar-refractivity contribution in [3.63, 3.8) is 0 Å². The van der Waals surface area contributed by atoms with Crippen LogP contribution in [-0.2, 0) is 11.8 Å². The van der Waals surface area contributed by atoms with Gasteiger partial charge in [-0.2, -0.15) is 0 Å². The maximum absolute atomic E-state index is 12.4. The van der Waals surface area contributed by atoms with Gasteiger partial charge in [-0.1, -0.05) is 24.6 Å². The molecule has 0 saturated heterocycles. The zero-order valence-corrected chi connectivity index (χ0v) is 13.9. The molecule has 1 aromatic heterocycles. The van der Waals surface area contributed by atoms with Crippen molar-refractivity contribution in [3.8, 4) is 0 Å². The van der Waals surface area contributed by atoms with Crippen LogP contribution >= 0.6 is 0 Å². The van der Waals surface area contributed by atoms with Gasteiger partial charge in [0.15, 0.2) is 0 Å². The fraction of sp³-hybridized carbons (Fsp3) is 0.474. The van der Waals surface area contributed by atoms with Gasteiger partial charge in [0, 0.05) is 30.6 Å². The van der Waals surface area contributed by atoms with Crippen LogP contribution in [0.2, 0.25) is 0 Å². The van der Waals surface area contributed by atoms with Crippen molar-refractivity contribution in [2.45, 2.75) is 32.1 Å². The summed E-state index contributed by atoms with van der Waals surface area (Å²) in [5.74, 6) is 1.69. The standard InChI is InChI=1S/C19H23N3O2/c1-22-11-16(15-4-2-3-5-17(15)22)19(24)21-20-18(23)10-14-9-12-6-7-13(14)8-12/h2-5,11-14H,6-10H2,1H3,(H,20,23)(H,21,24). The van der Waals surface area contributed by atoms with Gasteiger partial charge in [0.05, 0.1) is 5.56 Å². The van der Waals surface area contributed by atoms with Gasteiger partial charge in [-0.3, -0.25) is 20.4 Å². The largest absolute Gasteiger partial charge is 0.350 e. The molecule has 5 nitrogen and oxygen atoms in total. The molecule has 2 aliphatic rings. The predicted octanol–water partition coefficient (Wildman–Crippen LogP) is 2.77. The number of rotatable bonds is 3. The van der Waals surface area contributed by atoms with E-state index in [-0.39, 0.29) is 11.8 Å². The molecule has 2 aliphatic carbocycles. The van der Waals surface area contributed by atoms with Crippen molar-refractivity contribution < 1.29 is 9.59 Å². The second kappa shape index (κ2) is 5.96. The van der Waals surface area contributed by atoms with Gasteiger partial charge in [0.25, 0.3) is 5.91 Å². The minimum Gasteiger partial charge on any atom is -0.350 e. The highest BCUT2D eigenvalue weighted by atomic mass is 16.2. The second-order valence-corrected chi connectivity index (χ2v) is 7.31. The highest BCUT2D eigenvalue weighted by molar-refractivity contribution is 6.07. The molecule has 2 fully saturated rings. The molecule has 0 radical (unpaired) electrons. The quantitative estimate of drug-likeness (QED) is 0.852. The van der Waals surface area contributed by atoms with Crippen LogP contribution < -0.4 is 10.9 Å². The Bertz CT molecular complexity index is 795. The van der Waals surface area contributed by atoms with E-state index in [2.05, 4.69) is 10.9 Å². The third kappa shape index (κ3) is 2.68. The molecule has 126 valence electrons. The van der Waals surface area contributed by atoms with E-state index in [1.165, 1.54) is 25.7 Å². The van der Waals surface area contributed by atoms with E-state index in [0.717, 1.165) is 22.7 Å². The number of nitrogens with zero attached hydrogens (tertiary/aromatic N) is 1. The van der Waals surface area contributed by atoms with Crippen molar-refractivity contribution in [2.24, 2.45) is 24.8 Å². The Balaban J connectivity index is 1.36. The second-order valence-electron chi connectivity index (χ2n) is 7.31. The average Bonchev–Trinajstić information content (AvgIpc) is 3.28. The van der Waals surface area contributed by atoms with Crippen molar-refractivity contribution >= 4 is 22.7 Å². The minimum atomic E-state index is -0.270. The van der Waals surface area contributed by atoms with Crippen molar-refractivity contribution in [3.05, 3.63) is 36.0 Å². The normalized spacial score (nSPS) is 25.1. The van der Waals surface area contributed by atoms with Crippen LogP contribution in [0, 0.1) is 17.8 Å². The first-order chi connectivity index (χ1) is 11.6. The Hall–Kier alpha value is -2.30. The number of amides is 2. The molecule has 2 bridgehead atoms. The summed E-state index contributed by atoms with van der Waals surface area (Å²) in [6.07, 6.45) is 7.39. The summed E-state index contributed by atoms with van der Waals surface area (Å²) in [5.41, 5.74) is 6.74. The average molecular weight is 325 g/mol. The number of nitrogens with one attached hydrogen (secondary N) is 2. The first kappa shape index (κ1) is 15.2. The van der Waals surface area contributed by atoms with Crippen LogP contribution in [0.4, 0.5) is 0 Å². The summed E-state index contributed by atoms with van der Waals surface area (Å²) in [5, 5.41) is 0.889. The molecule has 2 N–H and O–H groups in total. The predicted molar refractivity (Wildman–Crippen MR) is 92.1 cm³/mol. The summed E-state index contributed by atoms with van der Waals surface area (Å²) in [4.78, 5) is 24.6. The number of hydrazine groups is 1. The number of hydrogen-bond donors (Lipinski definition) is 2.